The predicted octanol–water partition coefficient (Wildman–Crippen LogP) is -0.439. The minimum Gasteiger partial charge on any atom is -0.405 e. The molecule has 28 heavy (non-hydrogen) atoms. The summed E-state index contributed by atoms with van der Waals surface area (Å²) in [5, 5.41) is 26.6. The van der Waals surface area contributed by atoms with Crippen LogP contribution in [0.3, 0.4) is 0 Å². The number of nitrogens with one attached hydrogen (secondary N) is 1. The summed E-state index contributed by atoms with van der Waals surface area (Å²) < 4.78 is 11.2. The number of nitrogens with zero attached hydrogens (tertiary/aromatic N) is 1. The zero-order valence-corrected chi connectivity index (χ0v) is 16.8. The van der Waals surface area contributed by atoms with Crippen LogP contribution >= 0.6 is 12.2 Å². The van der Waals surface area contributed by atoms with Gasteiger partial charge >= 0.3 is 11.9 Å². The van der Waals surface area contributed by atoms with Crippen LogP contribution in [0.4, 0.5) is 0 Å². The summed E-state index contributed by atoms with van der Waals surface area (Å²) in [5.74, 6) is -3.85. The molecule has 1 fully saturated rings. The van der Waals surface area contributed by atoms with E-state index in [0.717, 1.165) is 7.11 Å². The van der Waals surface area contributed by atoms with Crippen LogP contribution < -0.4 is 11.3 Å². The third kappa shape index (κ3) is 7.22. The number of aliphatic hydroxyl groups is 3. The third-order valence-electron chi connectivity index (χ3n) is 3.28. The van der Waals surface area contributed by atoms with Gasteiger partial charge in [-0.1, -0.05) is 20.3 Å². The average Bonchev–Trinajstić information content (AvgIpc) is 3.14. The van der Waals surface area contributed by atoms with Crippen molar-refractivity contribution in [1.82, 2.24) is 9.55 Å². The Morgan fingerprint density at radius 1 is 1.46 bits per heavy atom. The van der Waals surface area contributed by atoms with Crippen molar-refractivity contribution in [3.63, 3.8) is 0 Å². The van der Waals surface area contributed by atoms with Crippen molar-refractivity contribution in [2.75, 3.05) is 13.7 Å². The van der Waals surface area contributed by atoms with Crippen molar-refractivity contribution in [3.8, 4) is 0 Å². The Balaban J connectivity index is 0.00000133. The Kier molecular flexibility index (Phi) is 11.6. The summed E-state index contributed by atoms with van der Waals surface area (Å²) in [6.07, 6.45) is 1.24. The first kappa shape index (κ1) is 26.0. The fraction of sp³-hybridized carbons (Fsp3) is 0.625. The number of nitrogens with two attached hydrogens (primary N) is 1. The van der Waals surface area contributed by atoms with Crippen LogP contribution in [0.2, 0.25) is 0 Å². The maximum atomic E-state index is 11.5. The first-order valence-electron chi connectivity index (χ1n) is 8.47. The Hall–Kier alpha value is -1.96. The minimum absolute atomic E-state index is 0.00619. The quantitative estimate of drug-likeness (QED) is 0.181. The molecule has 0 bridgehead atoms. The Morgan fingerprint density at radius 3 is 2.54 bits per heavy atom. The van der Waals surface area contributed by atoms with Gasteiger partial charge in [-0.15, -0.1) is 0 Å². The van der Waals surface area contributed by atoms with Crippen LogP contribution in [0.5, 0.6) is 0 Å². The summed E-state index contributed by atoms with van der Waals surface area (Å²) in [5.41, 5.74) is 4.25. The molecule has 160 valence electrons. The summed E-state index contributed by atoms with van der Waals surface area (Å²) in [6, 6.07) is 0. The largest absolute Gasteiger partial charge is 0.405 e. The molecule has 1 saturated heterocycles. The van der Waals surface area contributed by atoms with E-state index in [1.54, 1.807) is 0 Å². The third-order valence-corrected chi connectivity index (χ3v) is 3.59. The second-order valence-electron chi connectivity index (χ2n) is 5.57. The lowest BCUT2D eigenvalue weighted by molar-refractivity contribution is -0.362. The number of aliphatic hydroxyl groups excluding tert-OH is 1. The zero-order chi connectivity index (χ0) is 21.9. The number of rotatable bonds is 5. The molecule has 6 N–H and O–H groups in total. The highest BCUT2D eigenvalue weighted by atomic mass is 32.1. The minimum atomic E-state index is -2.84. The molecule has 11 nitrogen and oxygen atoms in total. The smallest absolute Gasteiger partial charge is 0.352 e. The molecule has 12 heteroatoms. The molecule has 2 atom stereocenters. The van der Waals surface area contributed by atoms with E-state index in [4.69, 9.17) is 27.8 Å². The van der Waals surface area contributed by atoms with Crippen LogP contribution in [0.15, 0.2) is 11.0 Å². The summed E-state index contributed by atoms with van der Waals surface area (Å²) >= 11 is 4.99. The maximum absolute atomic E-state index is 11.5. The van der Waals surface area contributed by atoms with Crippen molar-refractivity contribution in [1.29, 1.82) is 0 Å². The maximum Gasteiger partial charge on any atom is 0.352 e. The van der Waals surface area contributed by atoms with Crippen molar-refractivity contribution >= 4 is 24.5 Å². The number of ether oxygens (including phenoxy) is 2. The van der Waals surface area contributed by atoms with E-state index < -0.39 is 36.4 Å². The van der Waals surface area contributed by atoms with E-state index >= 15 is 0 Å². The number of aromatic nitrogens is 2. The molecule has 1 aliphatic heterocycles. The number of H-pyrrole nitrogens is 1. The Morgan fingerprint density at radius 2 is 2.04 bits per heavy atom. The molecule has 0 spiro atoms. The standard InChI is InChI=1S/C12H15N3O7S.C3H8.CH4O/c13-3-9(17)22-12(19,20)7-1-2-8(21-7)15-4-6(5-16)10(18)14-11(15)23;1-3-2;1-2/h4-5,7-8,19-20H,1-3,13H2,(H,14,18,23);3H2,1-2H3;2H,1H3. The average molecular weight is 421 g/mol. The van der Waals surface area contributed by atoms with Gasteiger partial charge in [0.15, 0.2) is 17.2 Å². The highest BCUT2D eigenvalue weighted by Gasteiger charge is 2.45. The van der Waals surface area contributed by atoms with Gasteiger partial charge in [0.2, 0.25) is 0 Å². The monoisotopic (exact) mass is 421 g/mol. The lowest BCUT2D eigenvalue weighted by Crippen LogP contribution is -2.47. The molecule has 2 unspecified atom stereocenters. The fourth-order valence-corrected chi connectivity index (χ4v) is 2.44. The van der Waals surface area contributed by atoms with Crippen LogP contribution in [0.25, 0.3) is 0 Å². The number of esters is 1. The molecule has 1 aromatic heterocycles. The molecule has 0 aliphatic carbocycles. The van der Waals surface area contributed by atoms with Crippen molar-refractivity contribution in [2.24, 2.45) is 5.73 Å². The molecule has 0 aromatic carbocycles. The SMILES string of the molecule is CCC.CO.NCC(=O)OC(O)(O)C1CCC(n2cc(C=O)c(=O)[nH]c2=S)O1. The normalized spacial score (nSPS) is 18.2. The van der Waals surface area contributed by atoms with Gasteiger partial charge in [-0.25, -0.2) is 0 Å². The number of aldehydes is 1. The molecule has 0 radical (unpaired) electrons. The van der Waals surface area contributed by atoms with Crippen molar-refractivity contribution in [2.45, 2.75) is 51.4 Å². The van der Waals surface area contributed by atoms with Crippen LogP contribution in [-0.4, -0.2) is 62.9 Å². The van der Waals surface area contributed by atoms with Crippen LogP contribution in [0, 0.1) is 4.77 Å². The number of hydrogen-bond acceptors (Lipinski definition) is 10. The second kappa shape index (κ2) is 12.5. The number of carbonyl (C=O) groups excluding carboxylic acids is 2. The van der Waals surface area contributed by atoms with Gasteiger partial charge in [-0.05, 0) is 25.1 Å². The van der Waals surface area contributed by atoms with Crippen molar-refractivity contribution < 1.29 is 34.4 Å². The molecule has 1 aromatic rings. The van der Waals surface area contributed by atoms with Gasteiger partial charge in [-0.2, -0.15) is 0 Å². The van der Waals surface area contributed by atoms with E-state index in [1.807, 2.05) is 0 Å². The molecule has 0 saturated carbocycles. The summed E-state index contributed by atoms with van der Waals surface area (Å²) in [6.45, 7) is 3.73. The molecule has 2 rings (SSSR count). The molecule has 0 amide bonds. The van der Waals surface area contributed by atoms with Crippen LogP contribution in [-0.2, 0) is 14.3 Å². The van der Waals surface area contributed by atoms with Gasteiger partial charge in [0.05, 0.1) is 12.1 Å². The topological polar surface area (TPSA) is 177 Å². The van der Waals surface area contributed by atoms with Gasteiger partial charge in [-0.3, -0.25) is 23.9 Å². The Bertz CT molecular complexity index is 746. The molecular formula is C16H27N3O8S. The number of hydrogen-bond donors (Lipinski definition) is 5. The summed E-state index contributed by atoms with van der Waals surface area (Å²) in [4.78, 5) is 35.7. The molecule has 1 aliphatic rings. The molecular weight excluding hydrogens is 394 g/mol. The van der Waals surface area contributed by atoms with Gasteiger partial charge < -0.3 is 30.5 Å². The van der Waals surface area contributed by atoms with E-state index in [1.165, 1.54) is 17.2 Å². The highest BCUT2D eigenvalue weighted by Crippen LogP contribution is 2.33. The first-order valence-corrected chi connectivity index (χ1v) is 8.88. The van der Waals surface area contributed by atoms with E-state index in [9.17, 15) is 24.6 Å². The van der Waals surface area contributed by atoms with Gasteiger partial charge in [0.1, 0.15) is 6.23 Å². The lowest BCUT2D eigenvalue weighted by Gasteiger charge is -2.27. The Labute approximate surface area is 166 Å². The van der Waals surface area contributed by atoms with E-state index in [-0.39, 0.29) is 23.2 Å². The lowest BCUT2D eigenvalue weighted by atomic mass is 10.2. The van der Waals surface area contributed by atoms with Crippen molar-refractivity contribution in [3.05, 3.63) is 26.9 Å². The first-order chi connectivity index (χ1) is 13.2. The second-order valence-corrected chi connectivity index (χ2v) is 5.96. The summed E-state index contributed by atoms with van der Waals surface area (Å²) in [7, 11) is 1.00. The van der Waals surface area contributed by atoms with Gasteiger partial charge in [0.25, 0.3) is 5.56 Å². The number of carbonyl (C=O) groups is 2. The van der Waals surface area contributed by atoms with E-state index in [2.05, 4.69) is 23.6 Å². The highest BCUT2D eigenvalue weighted by molar-refractivity contribution is 7.71. The fourth-order valence-electron chi connectivity index (χ4n) is 2.17. The zero-order valence-electron chi connectivity index (χ0n) is 16.0. The van der Waals surface area contributed by atoms with Gasteiger partial charge in [0, 0.05) is 13.3 Å². The van der Waals surface area contributed by atoms with Crippen LogP contribution in [0.1, 0.15) is 49.7 Å². The molecule has 2 heterocycles. The number of aromatic amines is 1. The van der Waals surface area contributed by atoms with E-state index in [0.29, 0.717) is 6.29 Å². The predicted molar refractivity (Wildman–Crippen MR) is 101 cm³/mol.